The van der Waals surface area contributed by atoms with Gasteiger partial charge in [-0.05, 0) is 56.1 Å². The second-order valence-electron chi connectivity index (χ2n) is 6.56. The molecule has 3 rings (SSSR count). The highest BCUT2D eigenvalue weighted by molar-refractivity contribution is 6.68. The largest absolute Gasteiger partial charge is 0.381 e. The van der Waals surface area contributed by atoms with Crippen molar-refractivity contribution in [3.8, 4) is 0 Å². The first kappa shape index (κ1) is 16.7. The topological polar surface area (TPSA) is 41.6 Å². The van der Waals surface area contributed by atoms with Gasteiger partial charge in [0.25, 0.3) is 5.24 Å². The van der Waals surface area contributed by atoms with Crippen LogP contribution in [0.5, 0.6) is 0 Å². The van der Waals surface area contributed by atoms with E-state index in [2.05, 4.69) is 10.2 Å². The Morgan fingerprint density at radius 2 is 2.04 bits per heavy atom. The number of rotatable bonds is 5. The molecule has 23 heavy (non-hydrogen) atoms. The number of ether oxygens (including phenoxy) is 1. The van der Waals surface area contributed by atoms with E-state index in [4.69, 9.17) is 16.3 Å². The Hall–Kier alpha value is -1.10. The van der Waals surface area contributed by atoms with E-state index >= 15 is 0 Å². The number of nitrogens with zero attached hydrogens (tertiary/aromatic N) is 1. The maximum atomic E-state index is 11.6. The lowest BCUT2D eigenvalue weighted by molar-refractivity contribution is 0.0280. The predicted molar refractivity (Wildman–Crippen MR) is 93.3 cm³/mol. The first-order valence-corrected chi connectivity index (χ1v) is 8.97. The van der Waals surface area contributed by atoms with Crippen LogP contribution in [0.4, 0.5) is 5.69 Å². The molecule has 1 aromatic rings. The number of benzene rings is 1. The molecule has 0 radical (unpaired) electrons. The summed E-state index contributed by atoms with van der Waals surface area (Å²) in [6.07, 6.45) is 4.92. The molecule has 2 fully saturated rings. The maximum absolute atomic E-state index is 11.6. The molecule has 2 heterocycles. The molecular formula is C18H25ClN2O2. The van der Waals surface area contributed by atoms with Gasteiger partial charge in [-0.15, -0.1) is 0 Å². The van der Waals surface area contributed by atoms with Crippen LogP contribution < -0.4 is 5.32 Å². The summed E-state index contributed by atoms with van der Waals surface area (Å²) in [5, 5.41) is 3.15. The number of halogens is 1. The van der Waals surface area contributed by atoms with E-state index in [9.17, 15) is 4.79 Å². The summed E-state index contributed by atoms with van der Waals surface area (Å²) >= 11 is 5.71. The van der Waals surface area contributed by atoms with Crippen LogP contribution in [0.3, 0.4) is 0 Å². The minimum atomic E-state index is -0.410. The molecule has 0 saturated carbocycles. The zero-order chi connectivity index (χ0) is 16.1. The number of nitrogens with one attached hydrogen (secondary N) is 1. The van der Waals surface area contributed by atoms with Crippen molar-refractivity contribution >= 4 is 22.5 Å². The van der Waals surface area contributed by atoms with Crippen molar-refractivity contribution in [1.29, 1.82) is 0 Å². The minimum Gasteiger partial charge on any atom is -0.381 e. The summed E-state index contributed by atoms with van der Waals surface area (Å²) in [5.74, 6) is 0.445. The van der Waals surface area contributed by atoms with Gasteiger partial charge in [0.15, 0.2) is 0 Å². The molecule has 2 saturated heterocycles. The molecule has 0 spiro atoms. The SMILES string of the molecule is O=C(Cl)c1ccccc1NC1CCOCC1CN1CCCCC1. The smallest absolute Gasteiger partial charge is 0.254 e. The Bertz CT molecular complexity index is 532. The van der Waals surface area contributed by atoms with Gasteiger partial charge < -0.3 is 15.0 Å². The summed E-state index contributed by atoms with van der Waals surface area (Å²) in [4.78, 5) is 14.2. The van der Waals surface area contributed by atoms with Gasteiger partial charge in [-0.25, -0.2) is 0 Å². The summed E-state index contributed by atoms with van der Waals surface area (Å²) in [6.45, 7) is 5.00. The van der Waals surface area contributed by atoms with Gasteiger partial charge in [0.1, 0.15) is 0 Å². The number of anilines is 1. The third kappa shape index (κ3) is 4.46. The molecule has 0 amide bonds. The number of carbonyl (C=O) groups excluding carboxylic acids is 1. The standard InChI is InChI=1S/C18H25ClN2O2/c19-18(22)15-6-2-3-7-17(15)20-16-8-11-23-13-14(16)12-21-9-4-1-5-10-21/h2-3,6-7,14,16,20H,1,4-5,8-13H2. The second-order valence-corrected chi connectivity index (χ2v) is 6.90. The number of likely N-dealkylation sites (tertiary alicyclic amines) is 1. The zero-order valence-electron chi connectivity index (χ0n) is 13.5. The van der Waals surface area contributed by atoms with Gasteiger partial charge in [0.2, 0.25) is 0 Å². The average molecular weight is 337 g/mol. The fourth-order valence-electron chi connectivity index (χ4n) is 3.62. The van der Waals surface area contributed by atoms with Crippen LogP contribution in [0.15, 0.2) is 24.3 Å². The molecule has 1 aromatic carbocycles. The first-order chi connectivity index (χ1) is 11.2. The zero-order valence-corrected chi connectivity index (χ0v) is 14.2. The van der Waals surface area contributed by atoms with Crippen LogP contribution in [0.2, 0.25) is 0 Å². The number of piperidine rings is 1. The van der Waals surface area contributed by atoms with Gasteiger partial charge in [-0.3, -0.25) is 4.79 Å². The number of para-hydroxylation sites is 1. The molecule has 0 aliphatic carbocycles. The monoisotopic (exact) mass is 336 g/mol. The van der Waals surface area contributed by atoms with E-state index in [-0.39, 0.29) is 0 Å². The van der Waals surface area contributed by atoms with Crippen molar-refractivity contribution in [1.82, 2.24) is 4.90 Å². The van der Waals surface area contributed by atoms with Gasteiger partial charge in [0.05, 0.1) is 12.2 Å². The number of carbonyl (C=O) groups is 1. The molecule has 2 atom stereocenters. The van der Waals surface area contributed by atoms with Crippen molar-refractivity contribution in [3.05, 3.63) is 29.8 Å². The molecule has 0 bridgehead atoms. The molecular weight excluding hydrogens is 312 g/mol. The van der Waals surface area contributed by atoms with Gasteiger partial charge >= 0.3 is 0 Å². The lowest BCUT2D eigenvalue weighted by atomic mass is 9.93. The van der Waals surface area contributed by atoms with Crippen LogP contribution in [-0.2, 0) is 4.74 Å². The van der Waals surface area contributed by atoms with E-state index < -0.39 is 5.24 Å². The molecule has 5 heteroatoms. The Morgan fingerprint density at radius 3 is 2.83 bits per heavy atom. The van der Waals surface area contributed by atoms with Crippen molar-refractivity contribution in [2.45, 2.75) is 31.7 Å². The molecule has 126 valence electrons. The highest BCUT2D eigenvalue weighted by Crippen LogP contribution is 2.25. The molecule has 1 N–H and O–H groups in total. The Kier molecular flexibility index (Phi) is 5.92. The Balaban J connectivity index is 1.67. The quantitative estimate of drug-likeness (QED) is 0.837. The van der Waals surface area contributed by atoms with E-state index in [1.54, 1.807) is 6.07 Å². The fourth-order valence-corrected chi connectivity index (χ4v) is 3.79. The van der Waals surface area contributed by atoms with Crippen LogP contribution in [0.25, 0.3) is 0 Å². The summed E-state index contributed by atoms with van der Waals surface area (Å²) < 4.78 is 5.71. The van der Waals surface area contributed by atoms with Crippen LogP contribution >= 0.6 is 11.6 Å². The Labute approximate surface area is 143 Å². The van der Waals surface area contributed by atoms with Crippen LogP contribution in [-0.4, -0.2) is 49.0 Å². The fraction of sp³-hybridized carbons (Fsp3) is 0.611. The lowest BCUT2D eigenvalue weighted by Gasteiger charge is -2.37. The first-order valence-electron chi connectivity index (χ1n) is 8.59. The van der Waals surface area contributed by atoms with Crippen LogP contribution in [0.1, 0.15) is 36.0 Å². The summed E-state index contributed by atoms with van der Waals surface area (Å²) in [7, 11) is 0. The highest BCUT2D eigenvalue weighted by Gasteiger charge is 2.28. The van der Waals surface area contributed by atoms with Crippen molar-refractivity contribution in [2.75, 3.05) is 38.2 Å². The third-order valence-electron chi connectivity index (χ3n) is 4.90. The normalized spacial score (nSPS) is 26.0. The second kappa shape index (κ2) is 8.13. The van der Waals surface area contributed by atoms with Crippen LogP contribution in [0, 0.1) is 5.92 Å². The Morgan fingerprint density at radius 1 is 1.26 bits per heavy atom. The van der Waals surface area contributed by atoms with Gasteiger partial charge in [0, 0.05) is 30.8 Å². The predicted octanol–water partition coefficient (Wildman–Crippen LogP) is 3.37. The van der Waals surface area contributed by atoms with E-state index in [1.807, 2.05) is 18.2 Å². The minimum absolute atomic E-state index is 0.322. The maximum Gasteiger partial charge on any atom is 0.254 e. The number of hydrogen-bond acceptors (Lipinski definition) is 4. The molecule has 2 aliphatic heterocycles. The van der Waals surface area contributed by atoms with E-state index in [1.165, 1.54) is 32.4 Å². The van der Waals surface area contributed by atoms with Gasteiger partial charge in [-0.2, -0.15) is 0 Å². The number of hydrogen-bond donors (Lipinski definition) is 1. The third-order valence-corrected chi connectivity index (χ3v) is 5.10. The van der Waals surface area contributed by atoms with E-state index in [0.717, 1.165) is 31.9 Å². The molecule has 2 unspecified atom stereocenters. The molecule has 2 aliphatic rings. The molecule has 0 aromatic heterocycles. The average Bonchev–Trinajstić information content (AvgIpc) is 2.58. The van der Waals surface area contributed by atoms with E-state index in [0.29, 0.717) is 17.5 Å². The van der Waals surface area contributed by atoms with Gasteiger partial charge in [-0.1, -0.05) is 18.6 Å². The highest BCUT2D eigenvalue weighted by atomic mass is 35.5. The lowest BCUT2D eigenvalue weighted by Crippen LogP contribution is -2.45. The van der Waals surface area contributed by atoms with Crippen molar-refractivity contribution in [2.24, 2.45) is 5.92 Å². The summed E-state index contributed by atoms with van der Waals surface area (Å²) in [5.41, 5.74) is 1.39. The van der Waals surface area contributed by atoms with Crippen molar-refractivity contribution < 1.29 is 9.53 Å². The summed E-state index contributed by atoms with van der Waals surface area (Å²) in [6, 6.07) is 7.81. The van der Waals surface area contributed by atoms with Crippen molar-refractivity contribution in [3.63, 3.8) is 0 Å². The molecule has 4 nitrogen and oxygen atoms in total.